The average Bonchev–Trinajstić information content (AvgIpc) is 2.38. The van der Waals surface area contributed by atoms with Gasteiger partial charge >= 0.3 is 5.97 Å². The van der Waals surface area contributed by atoms with E-state index in [0.29, 0.717) is 12.5 Å². The molecule has 0 bridgehead atoms. The van der Waals surface area contributed by atoms with Crippen LogP contribution in [0.2, 0.25) is 0 Å². The van der Waals surface area contributed by atoms with Crippen LogP contribution in [0.15, 0.2) is 0 Å². The molecule has 110 valence electrons. The fraction of sp³-hybridized carbons (Fsp3) is 0.857. The van der Waals surface area contributed by atoms with E-state index in [4.69, 9.17) is 10.5 Å². The van der Waals surface area contributed by atoms with Crippen molar-refractivity contribution in [2.24, 2.45) is 17.6 Å². The second-order valence-corrected chi connectivity index (χ2v) is 5.45. The first kappa shape index (κ1) is 16.0. The highest BCUT2D eigenvalue weighted by molar-refractivity contribution is 6.01. The van der Waals surface area contributed by atoms with Crippen molar-refractivity contribution in [2.45, 2.75) is 52.0 Å². The lowest BCUT2D eigenvalue weighted by molar-refractivity contribution is -0.147. The standard InChI is InChI=1S/C14H26N2O3/c1-3-19-14(18)12(15)13(17)16-8-7-11-6-4-5-10(2)9-11/h10-12H,3-9,15H2,1-2H3,(H,16,17). The van der Waals surface area contributed by atoms with Crippen LogP contribution >= 0.6 is 0 Å². The van der Waals surface area contributed by atoms with E-state index in [1.54, 1.807) is 6.92 Å². The Morgan fingerprint density at radius 1 is 1.42 bits per heavy atom. The monoisotopic (exact) mass is 270 g/mol. The van der Waals surface area contributed by atoms with Gasteiger partial charge in [0.05, 0.1) is 6.61 Å². The average molecular weight is 270 g/mol. The van der Waals surface area contributed by atoms with Gasteiger partial charge in [0, 0.05) is 6.54 Å². The lowest BCUT2D eigenvalue weighted by Crippen LogP contribution is -2.47. The summed E-state index contributed by atoms with van der Waals surface area (Å²) in [7, 11) is 0. The number of nitrogens with one attached hydrogen (secondary N) is 1. The van der Waals surface area contributed by atoms with E-state index in [1.165, 1.54) is 25.7 Å². The number of carbonyl (C=O) groups is 2. The summed E-state index contributed by atoms with van der Waals surface area (Å²) in [5.74, 6) is 0.368. The van der Waals surface area contributed by atoms with Crippen LogP contribution in [-0.2, 0) is 14.3 Å². The highest BCUT2D eigenvalue weighted by Gasteiger charge is 2.24. The van der Waals surface area contributed by atoms with Crippen LogP contribution in [0.4, 0.5) is 0 Å². The van der Waals surface area contributed by atoms with Gasteiger partial charge in [0.25, 0.3) is 0 Å². The summed E-state index contributed by atoms with van der Waals surface area (Å²) in [4.78, 5) is 22.9. The molecule has 0 aromatic rings. The zero-order valence-electron chi connectivity index (χ0n) is 12.0. The molecule has 0 aliphatic heterocycles. The number of amides is 1. The summed E-state index contributed by atoms with van der Waals surface area (Å²) in [6.45, 7) is 4.79. The second kappa shape index (κ2) is 8.15. The maximum Gasteiger partial charge on any atom is 0.332 e. The van der Waals surface area contributed by atoms with Crippen molar-refractivity contribution in [3.63, 3.8) is 0 Å². The summed E-state index contributed by atoms with van der Waals surface area (Å²) in [6.07, 6.45) is 6.04. The first-order valence-electron chi connectivity index (χ1n) is 7.24. The van der Waals surface area contributed by atoms with Gasteiger partial charge < -0.3 is 15.8 Å². The Labute approximate surface area is 115 Å². The van der Waals surface area contributed by atoms with Crippen molar-refractivity contribution in [1.29, 1.82) is 0 Å². The summed E-state index contributed by atoms with van der Waals surface area (Å²) in [5, 5.41) is 2.72. The summed E-state index contributed by atoms with van der Waals surface area (Å²) in [5.41, 5.74) is 5.50. The topological polar surface area (TPSA) is 81.4 Å². The van der Waals surface area contributed by atoms with Crippen molar-refractivity contribution in [3.8, 4) is 0 Å². The van der Waals surface area contributed by atoms with E-state index in [1.807, 2.05) is 0 Å². The fourth-order valence-electron chi connectivity index (χ4n) is 2.67. The van der Waals surface area contributed by atoms with Crippen molar-refractivity contribution < 1.29 is 14.3 Å². The molecule has 5 nitrogen and oxygen atoms in total. The maximum atomic E-state index is 11.6. The largest absolute Gasteiger partial charge is 0.464 e. The predicted molar refractivity (Wildman–Crippen MR) is 73.4 cm³/mol. The van der Waals surface area contributed by atoms with Crippen LogP contribution in [0.25, 0.3) is 0 Å². The number of carbonyl (C=O) groups excluding carboxylic acids is 2. The van der Waals surface area contributed by atoms with Crippen LogP contribution in [-0.4, -0.2) is 31.1 Å². The molecule has 0 spiro atoms. The third kappa shape index (κ3) is 5.59. The van der Waals surface area contributed by atoms with E-state index in [0.717, 1.165) is 12.3 Å². The number of esters is 1. The quantitative estimate of drug-likeness (QED) is 0.561. The molecular formula is C14H26N2O3. The first-order valence-corrected chi connectivity index (χ1v) is 7.24. The molecule has 0 saturated heterocycles. The molecule has 3 unspecified atom stereocenters. The summed E-state index contributed by atoms with van der Waals surface area (Å²) >= 11 is 0. The second-order valence-electron chi connectivity index (χ2n) is 5.45. The Kier molecular flexibility index (Phi) is 6.84. The first-order chi connectivity index (χ1) is 9.04. The normalized spacial score (nSPS) is 24.6. The van der Waals surface area contributed by atoms with Gasteiger partial charge in [0.2, 0.25) is 5.91 Å². The molecule has 0 aromatic heterocycles. The SMILES string of the molecule is CCOC(=O)C(N)C(=O)NCCC1CCCC(C)C1. The summed E-state index contributed by atoms with van der Waals surface area (Å²) < 4.78 is 4.71. The minimum absolute atomic E-state index is 0.236. The number of hydrogen-bond acceptors (Lipinski definition) is 4. The minimum atomic E-state index is -1.20. The molecular weight excluding hydrogens is 244 g/mol. The maximum absolute atomic E-state index is 11.6. The highest BCUT2D eigenvalue weighted by Crippen LogP contribution is 2.30. The van der Waals surface area contributed by atoms with E-state index >= 15 is 0 Å². The van der Waals surface area contributed by atoms with Crippen molar-refractivity contribution in [2.75, 3.05) is 13.2 Å². The number of nitrogens with two attached hydrogens (primary N) is 1. The van der Waals surface area contributed by atoms with Gasteiger partial charge in [-0.15, -0.1) is 0 Å². The molecule has 1 amide bonds. The molecule has 1 aliphatic rings. The van der Waals surface area contributed by atoms with Crippen molar-refractivity contribution in [1.82, 2.24) is 5.32 Å². The van der Waals surface area contributed by atoms with Gasteiger partial charge in [-0.1, -0.05) is 26.2 Å². The lowest BCUT2D eigenvalue weighted by Gasteiger charge is -2.26. The van der Waals surface area contributed by atoms with Gasteiger partial charge in [0.1, 0.15) is 0 Å². The van der Waals surface area contributed by atoms with Crippen LogP contribution in [0, 0.1) is 11.8 Å². The molecule has 1 saturated carbocycles. The fourth-order valence-corrected chi connectivity index (χ4v) is 2.67. The van der Waals surface area contributed by atoms with Crippen molar-refractivity contribution in [3.05, 3.63) is 0 Å². The molecule has 0 aromatic carbocycles. The van der Waals surface area contributed by atoms with Gasteiger partial charge in [-0.2, -0.15) is 0 Å². The Morgan fingerprint density at radius 2 is 2.16 bits per heavy atom. The zero-order chi connectivity index (χ0) is 14.3. The number of hydrogen-bond donors (Lipinski definition) is 2. The minimum Gasteiger partial charge on any atom is -0.464 e. The van der Waals surface area contributed by atoms with Crippen molar-refractivity contribution >= 4 is 11.9 Å². The Hall–Kier alpha value is -1.10. The number of rotatable bonds is 6. The summed E-state index contributed by atoms with van der Waals surface area (Å²) in [6, 6.07) is -1.20. The van der Waals surface area contributed by atoms with E-state index in [-0.39, 0.29) is 6.61 Å². The van der Waals surface area contributed by atoms with Crippen LogP contribution in [0.3, 0.4) is 0 Å². The van der Waals surface area contributed by atoms with Crippen LogP contribution < -0.4 is 11.1 Å². The molecule has 0 radical (unpaired) electrons. The highest BCUT2D eigenvalue weighted by atomic mass is 16.5. The van der Waals surface area contributed by atoms with Gasteiger partial charge in [-0.25, -0.2) is 4.79 Å². The predicted octanol–water partition coefficient (Wildman–Crippen LogP) is 1.21. The Bertz CT molecular complexity index is 307. The van der Waals surface area contributed by atoms with Crippen LogP contribution in [0.5, 0.6) is 0 Å². The Balaban J connectivity index is 2.21. The molecule has 1 rings (SSSR count). The molecule has 0 heterocycles. The molecule has 3 N–H and O–H groups in total. The van der Waals surface area contributed by atoms with Crippen LogP contribution in [0.1, 0.15) is 46.0 Å². The third-order valence-corrected chi connectivity index (χ3v) is 3.72. The molecule has 19 heavy (non-hydrogen) atoms. The molecule has 1 fully saturated rings. The molecule has 5 heteroatoms. The van der Waals surface area contributed by atoms with Gasteiger partial charge in [-0.3, -0.25) is 4.79 Å². The van der Waals surface area contributed by atoms with Gasteiger partial charge in [-0.05, 0) is 31.6 Å². The smallest absolute Gasteiger partial charge is 0.332 e. The Morgan fingerprint density at radius 3 is 2.79 bits per heavy atom. The third-order valence-electron chi connectivity index (χ3n) is 3.72. The molecule has 1 aliphatic carbocycles. The number of ether oxygens (including phenoxy) is 1. The van der Waals surface area contributed by atoms with E-state index in [9.17, 15) is 9.59 Å². The van der Waals surface area contributed by atoms with E-state index in [2.05, 4.69) is 12.2 Å². The molecule has 3 atom stereocenters. The van der Waals surface area contributed by atoms with E-state index < -0.39 is 17.9 Å². The zero-order valence-corrected chi connectivity index (χ0v) is 12.0. The lowest BCUT2D eigenvalue weighted by atomic mass is 9.81. The van der Waals surface area contributed by atoms with Gasteiger partial charge in [0.15, 0.2) is 6.04 Å².